The van der Waals surface area contributed by atoms with Gasteiger partial charge < -0.3 is 14.0 Å². The number of carbonyl (C=O) groups is 1. The van der Waals surface area contributed by atoms with Gasteiger partial charge in [0.1, 0.15) is 17.9 Å². The molecule has 8 nitrogen and oxygen atoms in total. The van der Waals surface area contributed by atoms with E-state index in [1.807, 2.05) is 50.2 Å². The number of hydrogen-bond donors (Lipinski definition) is 1. The van der Waals surface area contributed by atoms with E-state index < -0.39 is 6.09 Å². The Labute approximate surface area is 234 Å². The number of fused-ring (bicyclic) bond motifs is 1. The third-order valence-corrected chi connectivity index (χ3v) is 7.89. The summed E-state index contributed by atoms with van der Waals surface area (Å²) in [5, 5.41) is 14.0. The van der Waals surface area contributed by atoms with Crippen LogP contribution in [0, 0.1) is 30.1 Å². The van der Waals surface area contributed by atoms with Gasteiger partial charge in [-0.05, 0) is 93.2 Å². The van der Waals surface area contributed by atoms with Crippen molar-refractivity contribution in [2.45, 2.75) is 65.5 Å². The van der Waals surface area contributed by atoms with Crippen LogP contribution in [0.3, 0.4) is 0 Å². The number of hydrogen-bond acceptors (Lipinski definition) is 6. The van der Waals surface area contributed by atoms with Crippen molar-refractivity contribution in [3.8, 4) is 29.1 Å². The molecular formula is C32H33N5O3. The second-order valence-electron chi connectivity index (χ2n) is 11.0. The van der Waals surface area contributed by atoms with E-state index in [0.29, 0.717) is 34.8 Å². The fraction of sp³-hybridized carbons (Fsp3) is 0.375. The number of ether oxygens (including phenoxy) is 2. The Kier molecular flexibility index (Phi) is 6.89. The fourth-order valence-electron chi connectivity index (χ4n) is 5.20. The highest BCUT2D eigenvalue weighted by atomic mass is 16.6. The number of rotatable bonds is 9. The number of aromatic nitrogens is 3. The van der Waals surface area contributed by atoms with Gasteiger partial charge in [-0.3, -0.25) is 5.32 Å². The average molecular weight is 536 g/mol. The number of carbonyl (C=O) groups excluding carboxylic acids is 1. The van der Waals surface area contributed by atoms with Crippen LogP contribution in [-0.4, -0.2) is 26.7 Å². The normalized spacial score (nSPS) is 15.4. The van der Waals surface area contributed by atoms with Crippen LogP contribution in [-0.2, 0) is 17.7 Å². The minimum atomic E-state index is -0.437. The van der Waals surface area contributed by atoms with Crippen LogP contribution >= 0.6 is 0 Å². The molecule has 1 atom stereocenters. The van der Waals surface area contributed by atoms with Gasteiger partial charge in [0.2, 0.25) is 0 Å². The van der Waals surface area contributed by atoms with Crippen molar-refractivity contribution in [3.05, 3.63) is 65.5 Å². The van der Waals surface area contributed by atoms with E-state index in [0.717, 1.165) is 59.1 Å². The first-order valence-corrected chi connectivity index (χ1v) is 14.1. The molecule has 40 heavy (non-hydrogen) atoms. The molecule has 6 rings (SSSR count). The zero-order chi connectivity index (χ0) is 27.8. The highest BCUT2D eigenvalue weighted by molar-refractivity contribution is 5.96. The summed E-state index contributed by atoms with van der Waals surface area (Å²) in [7, 11) is 0. The topological polar surface area (TPSA) is 102 Å². The van der Waals surface area contributed by atoms with Crippen LogP contribution in [0.5, 0.6) is 11.8 Å². The largest absolute Gasteiger partial charge is 0.446 e. The Balaban J connectivity index is 1.34. The first-order chi connectivity index (χ1) is 19.4. The molecule has 8 heteroatoms. The minimum absolute atomic E-state index is 0.0761. The summed E-state index contributed by atoms with van der Waals surface area (Å²) in [5.74, 6) is 1.69. The monoisotopic (exact) mass is 535 g/mol. The van der Waals surface area contributed by atoms with Crippen molar-refractivity contribution in [1.82, 2.24) is 14.5 Å². The Bertz CT molecular complexity index is 1610. The number of nitriles is 1. The van der Waals surface area contributed by atoms with E-state index in [9.17, 15) is 10.1 Å². The number of nitrogens with zero attached hydrogens (tertiary/aromatic N) is 4. The first kappa shape index (κ1) is 25.9. The van der Waals surface area contributed by atoms with Crippen LogP contribution in [0.15, 0.2) is 48.8 Å². The van der Waals surface area contributed by atoms with Gasteiger partial charge in [-0.1, -0.05) is 13.0 Å². The van der Waals surface area contributed by atoms with Gasteiger partial charge in [-0.25, -0.2) is 14.8 Å². The van der Waals surface area contributed by atoms with Crippen molar-refractivity contribution in [2.75, 3.05) is 5.32 Å². The summed E-state index contributed by atoms with van der Waals surface area (Å²) in [4.78, 5) is 21.1. The lowest BCUT2D eigenvalue weighted by Crippen LogP contribution is -2.21. The van der Waals surface area contributed by atoms with E-state index in [1.54, 1.807) is 12.4 Å². The zero-order valence-corrected chi connectivity index (χ0v) is 23.1. The molecule has 2 aromatic carbocycles. The summed E-state index contributed by atoms with van der Waals surface area (Å²) in [6, 6.07) is 14.3. The van der Waals surface area contributed by atoms with Gasteiger partial charge in [0.25, 0.3) is 0 Å². The predicted molar refractivity (Wildman–Crippen MR) is 153 cm³/mol. The predicted octanol–water partition coefficient (Wildman–Crippen LogP) is 7.39. The molecule has 1 N–H and O–H groups in total. The van der Waals surface area contributed by atoms with Crippen LogP contribution in [0.25, 0.3) is 22.2 Å². The average Bonchev–Trinajstić information content (AvgIpc) is 3.87. The number of aryl methyl sites for hydroxylation is 2. The standard InChI is InChI=1S/C32H33N5O3/c1-4-21-16-34-31(35-17-21)40-25-10-12-27-28(15-33)30(37(29(27)14-25)18-22-5-6-22)26-11-9-24(13-19(26)2)36-32(38)39-20(3)23-7-8-23/h9-14,16-17,20,22-23H,4-8,18H2,1-3H3,(H,36,38)/t20-/m1/s1. The molecule has 2 aliphatic carbocycles. The lowest BCUT2D eigenvalue weighted by atomic mass is 10.0. The van der Waals surface area contributed by atoms with Gasteiger partial charge in [0.15, 0.2) is 0 Å². The number of nitrogens with one attached hydrogen (secondary N) is 1. The van der Waals surface area contributed by atoms with E-state index in [2.05, 4.69) is 32.8 Å². The molecule has 0 radical (unpaired) electrons. The maximum Gasteiger partial charge on any atom is 0.411 e. The smallest absolute Gasteiger partial charge is 0.411 e. The molecule has 0 aliphatic heterocycles. The molecule has 2 aromatic heterocycles. The third-order valence-electron chi connectivity index (χ3n) is 7.89. The molecule has 2 saturated carbocycles. The molecule has 0 bridgehead atoms. The molecule has 2 heterocycles. The van der Waals surface area contributed by atoms with Gasteiger partial charge in [-0.15, -0.1) is 0 Å². The van der Waals surface area contributed by atoms with Crippen molar-refractivity contribution in [2.24, 2.45) is 11.8 Å². The molecule has 2 fully saturated rings. The maximum atomic E-state index is 12.4. The van der Waals surface area contributed by atoms with Crippen molar-refractivity contribution >= 4 is 22.7 Å². The number of anilines is 1. The third kappa shape index (κ3) is 5.37. The van der Waals surface area contributed by atoms with Gasteiger partial charge in [0.05, 0.1) is 16.8 Å². The van der Waals surface area contributed by atoms with Crippen molar-refractivity contribution < 1.29 is 14.3 Å². The van der Waals surface area contributed by atoms with Gasteiger partial charge >= 0.3 is 12.1 Å². The van der Waals surface area contributed by atoms with E-state index in [-0.39, 0.29) is 6.10 Å². The Morgan fingerprint density at radius 3 is 2.58 bits per heavy atom. The molecule has 0 unspecified atom stereocenters. The summed E-state index contributed by atoms with van der Waals surface area (Å²) in [6.07, 6.45) is 8.49. The second-order valence-corrected chi connectivity index (χ2v) is 11.0. The van der Waals surface area contributed by atoms with Gasteiger partial charge in [0, 0.05) is 41.6 Å². The highest BCUT2D eigenvalue weighted by Crippen LogP contribution is 2.41. The minimum Gasteiger partial charge on any atom is -0.446 e. The first-order valence-electron chi connectivity index (χ1n) is 14.1. The Hall–Kier alpha value is -4.38. The molecule has 0 spiro atoms. The lowest BCUT2D eigenvalue weighted by Gasteiger charge is -2.16. The highest BCUT2D eigenvalue weighted by Gasteiger charge is 2.31. The maximum absolute atomic E-state index is 12.4. The second kappa shape index (κ2) is 10.6. The molecule has 4 aromatic rings. The molecule has 1 amide bonds. The van der Waals surface area contributed by atoms with Crippen LogP contribution in [0.1, 0.15) is 56.2 Å². The van der Waals surface area contributed by atoms with E-state index in [1.165, 1.54) is 12.8 Å². The summed E-state index contributed by atoms with van der Waals surface area (Å²) in [6.45, 7) is 6.83. The molecule has 2 aliphatic rings. The quantitative estimate of drug-likeness (QED) is 0.240. The Morgan fingerprint density at radius 2 is 1.93 bits per heavy atom. The lowest BCUT2D eigenvalue weighted by molar-refractivity contribution is 0.108. The Morgan fingerprint density at radius 1 is 1.15 bits per heavy atom. The van der Waals surface area contributed by atoms with Crippen molar-refractivity contribution in [1.29, 1.82) is 5.26 Å². The SMILES string of the molecule is CCc1cnc(Oc2ccc3c(C#N)c(-c4ccc(NC(=O)O[C@H](C)C5CC5)cc4C)n(CC4CC4)c3c2)nc1. The zero-order valence-electron chi connectivity index (χ0n) is 23.1. The van der Waals surface area contributed by atoms with Crippen LogP contribution in [0.2, 0.25) is 0 Å². The molecule has 0 saturated heterocycles. The van der Waals surface area contributed by atoms with E-state index >= 15 is 0 Å². The number of amides is 1. The van der Waals surface area contributed by atoms with Crippen LogP contribution in [0.4, 0.5) is 10.5 Å². The summed E-state index contributed by atoms with van der Waals surface area (Å²) >= 11 is 0. The summed E-state index contributed by atoms with van der Waals surface area (Å²) in [5.41, 5.74) is 6.10. The van der Waals surface area contributed by atoms with E-state index in [4.69, 9.17) is 9.47 Å². The van der Waals surface area contributed by atoms with Gasteiger partial charge in [-0.2, -0.15) is 5.26 Å². The fourth-order valence-corrected chi connectivity index (χ4v) is 5.20. The molecule has 204 valence electrons. The van der Waals surface area contributed by atoms with Crippen LogP contribution < -0.4 is 10.1 Å². The number of benzene rings is 2. The van der Waals surface area contributed by atoms with Crippen molar-refractivity contribution in [3.63, 3.8) is 0 Å². The summed E-state index contributed by atoms with van der Waals surface area (Å²) < 4.78 is 13.8. The molecular weight excluding hydrogens is 502 g/mol.